The minimum Gasteiger partial charge on any atom is -0.508 e. The molecule has 0 heterocycles. The number of aromatic hydroxyl groups is 1. The molecule has 0 bridgehead atoms. The number of amides is 1. The summed E-state index contributed by atoms with van der Waals surface area (Å²) in [6.45, 7) is 4.38. The summed E-state index contributed by atoms with van der Waals surface area (Å²) in [5.74, 6) is 0.205. The van der Waals surface area contributed by atoms with Crippen LogP contribution in [0.15, 0.2) is 24.3 Å². The maximum absolute atomic E-state index is 12.0. The molecule has 0 saturated carbocycles. The lowest BCUT2D eigenvalue weighted by atomic mass is 10.1. The number of carbonyl (C=O) groups is 1. The molecule has 4 heteroatoms. The first-order valence-electron chi connectivity index (χ1n) is 5.89. The molecular weight excluding hydrogens is 216 g/mol. The van der Waals surface area contributed by atoms with Crippen LogP contribution in [0.4, 0.5) is 5.69 Å². The lowest BCUT2D eigenvalue weighted by Crippen LogP contribution is -2.31. The van der Waals surface area contributed by atoms with Crippen molar-refractivity contribution in [3.63, 3.8) is 0 Å². The molecule has 94 valence electrons. The molecule has 0 spiro atoms. The van der Waals surface area contributed by atoms with Crippen LogP contribution >= 0.6 is 0 Å². The first-order chi connectivity index (χ1) is 8.04. The largest absolute Gasteiger partial charge is 0.508 e. The highest BCUT2D eigenvalue weighted by molar-refractivity contribution is 5.93. The van der Waals surface area contributed by atoms with E-state index in [9.17, 15) is 9.90 Å². The van der Waals surface area contributed by atoms with Crippen LogP contribution in [0.3, 0.4) is 0 Å². The van der Waals surface area contributed by atoms with Gasteiger partial charge in [0.2, 0.25) is 5.91 Å². The molecule has 0 aromatic heterocycles. The Balaban J connectivity index is 2.74. The number of benzene rings is 1. The fourth-order valence-electron chi connectivity index (χ4n) is 1.65. The fourth-order valence-corrected chi connectivity index (χ4v) is 1.65. The second-order valence-corrected chi connectivity index (χ2v) is 4.17. The number of phenols is 1. The third-order valence-corrected chi connectivity index (χ3v) is 2.57. The Morgan fingerprint density at radius 1 is 1.53 bits per heavy atom. The van der Waals surface area contributed by atoms with Crippen LogP contribution < -0.4 is 10.6 Å². The van der Waals surface area contributed by atoms with E-state index in [-0.39, 0.29) is 17.7 Å². The monoisotopic (exact) mass is 236 g/mol. The van der Waals surface area contributed by atoms with Crippen molar-refractivity contribution in [1.29, 1.82) is 0 Å². The first-order valence-corrected chi connectivity index (χ1v) is 5.89. The van der Waals surface area contributed by atoms with Crippen molar-refractivity contribution in [1.82, 2.24) is 0 Å². The van der Waals surface area contributed by atoms with Gasteiger partial charge in [-0.25, -0.2) is 0 Å². The molecule has 1 unspecified atom stereocenters. The molecule has 17 heavy (non-hydrogen) atoms. The van der Waals surface area contributed by atoms with Gasteiger partial charge in [0.15, 0.2) is 0 Å². The molecule has 3 N–H and O–H groups in total. The highest BCUT2D eigenvalue weighted by Gasteiger charge is 2.14. The molecular formula is C13H20N2O2. The minimum absolute atomic E-state index is 0.0295. The van der Waals surface area contributed by atoms with Crippen LogP contribution in [0, 0.1) is 0 Å². The molecule has 1 atom stereocenters. The van der Waals surface area contributed by atoms with E-state index in [0.29, 0.717) is 19.4 Å². The van der Waals surface area contributed by atoms with Crippen molar-refractivity contribution >= 4 is 11.6 Å². The van der Waals surface area contributed by atoms with Crippen molar-refractivity contribution in [2.24, 2.45) is 5.73 Å². The fraction of sp³-hybridized carbons (Fsp3) is 0.462. The van der Waals surface area contributed by atoms with Crippen LogP contribution in [0.5, 0.6) is 5.75 Å². The first kappa shape index (κ1) is 13.5. The predicted octanol–water partition coefficient (Wildman–Crippen LogP) is 1.87. The molecule has 0 fully saturated rings. The number of carbonyl (C=O) groups excluding carboxylic acids is 1. The maximum Gasteiger partial charge on any atom is 0.227 e. The van der Waals surface area contributed by atoms with E-state index in [1.54, 1.807) is 23.1 Å². The van der Waals surface area contributed by atoms with Crippen LogP contribution in [-0.2, 0) is 4.79 Å². The number of nitrogens with two attached hydrogens (primary N) is 1. The van der Waals surface area contributed by atoms with Crippen LogP contribution in [0.2, 0.25) is 0 Å². The molecule has 0 saturated heterocycles. The molecule has 0 aliphatic heterocycles. The zero-order valence-corrected chi connectivity index (χ0v) is 10.4. The molecule has 4 nitrogen and oxygen atoms in total. The molecule has 1 amide bonds. The molecule has 0 aliphatic rings. The Kier molecular flexibility index (Phi) is 4.97. The Hall–Kier alpha value is -1.55. The quantitative estimate of drug-likeness (QED) is 0.820. The summed E-state index contributed by atoms with van der Waals surface area (Å²) in [4.78, 5) is 13.6. The van der Waals surface area contributed by atoms with E-state index in [1.807, 2.05) is 19.9 Å². The Bertz CT molecular complexity index is 377. The van der Waals surface area contributed by atoms with E-state index in [1.165, 1.54) is 0 Å². The summed E-state index contributed by atoms with van der Waals surface area (Å²) in [6, 6.07) is 6.75. The summed E-state index contributed by atoms with van der Waals surface area (Å²) < 4.78 is 0. The average molecular weight is 236 g/mol. The van der Waals surface area contributed by atoms with Crippen LogP contribution in [0.25, 0.3) is 0 Å². The molecule has 1 aromatic rings. The van der Waals surface area contributed by atoms with Gasteiger partial charge >= 0.3 is 0 Å². The summed E-state index contributed by atoms with van der Waals surface area (Å²) in [5, 5.41) is 9.40. The number of hydrogen-bond donors (Lipinski definition) is 2. The van der Waals surface area contributed by atoms with Gasteiger partial charge in [-0.2, -0.15) is 0 Å². The van der Waals surface area contributed by atoms with E-state index < -0.39 is 0 Å². The standard InChI is InChI=1S/C13H20N2O2/c1-3-15(13(17)8-7-10(2)14)11-5-4-6-12(16)9-11/h4-6,9-10,16H,3,7-8,14H2,1-2H3. The molecule has 0 aliphatic carbocycles. The molecule has 1 rings (SSSR count). The average Bonchev–Trinajstić information content (AvgIpc) is 2.27. The normalized spacial score (nSPS) is 12.2. The van der Waals surface area contributed by atoms with Gasteiger partial charge in [-0.1, -0.05) is 6.07 Å². The smallest absolute Gasteiger partial charge is 0.227 e. The number of phenolic OH excluding ortho intramolecular Hbond substituents is 1. The summed E-state index contributed by atoms with van der Waals surface area (Å²) in [7, 11) is 0. The third-order valence-electron chi connectivity index (χ3n) is 2.57. The number of nitrogens with zero attached hydrogens (tertiary/aromatic N) is 1. The summed E-state index contributed by atoms with van der Waals surface area (Å²) in [5.41, 5.74) is 6.36. The van der Waals surface area contributed by atoms with Gasteiger partial charge in [-0.3, -0.25) is 4.79 Å². The van der Waals surface area contributed by atoms with Gasteiger partial charge in [-0.05, 0) is 32.4 Å². The molecule has 1 aromatic carbocycles. The lowest BCUT2D eigenvalue weighted by Gasteiger charge is -2.21. The lowest BCUT2D eigenvalue weighted by molar-refractivity contribution is -0.118. The van der Waals surface area contributed by atoms with Crippen LogP contribution in [0.1, 0.15) is 26.7 Å². The number of hydrogen-bond acceptors (Lipinski definition) is 3. The van der Waals surface area contributed by atoms with Crippen molar-refractivity contribution in [3.8, 4) is 5.75 Å². The van der Waals surface area contributed by atoms with E-state index in [2.05, 4.69) is 0 Å². The number of rotatable bonds is 5. The zero-order valence-electron chi connectivity index (χ0n) is 10.4. The summed E-state index contributed by atoms with van der Waals surface area (Å²) in [6.07, 6.45) is 1.11. The van der Waals surface area contributed by atoms with Crippen molar-refractivity contribution in [3.05, 3.63) is 24.3 Å². The topological polar surface area (TPSA) is 66.6 Å². The van der Waals surface area contributed by atoms with Gasteiger partial charge in [-0.15, -0.1) is 0 Å². The highest BCUT2D eigenvalue weighted by Crippen LogP contribution is 2.20. The van der Waals surface area contributed by atoms with E-state index in [4.69, 9.17) is 5.73 Å². The van der Waals surface area contributed by atoms with Gasteiger partial charge < -0.3 is 15.7 Å². The molecule has 0 radical (unpaired) electrons. The van der Waals surface area contributed by atoms with E-state index >= 15 is 0 Å². The van der Waals surface area contributed by atoms with E-state index in [0.717, 1.165) is 5.69 Å². The predicted molar refractivity (Wildman–Crippen MR) is 69.0 cm³/mol. The Labute approximate surface area is 102 Å². The second kappa shape index (κ2) is 6.25. The second-order valence-electron chi connectivity index (χ2n) is 4.17. The third kappa shape index (κ3) is 4.07. The van der Waals surface area contributed by atoms with Crippen molar-refractivity contribution in [2.75, 3.05) is 11.4 Å². The zero-order chi connectivity index (χ0) is 12.8. The SMILES string of the molecule is CCN(C(=O)CCC(C)N)c1cccc(O)c1. The highest BCUT2D eigenvalue weighted by atomic mass is 16.3. The van der Waals surface area contributed by atoms with Gasteiger partial charge in [0, 0.05) is 30.8 Å². The van der Waals surface area contributed by atoms with Gasteiger partial charge in [0.05, 0.1) is 0 Å². The maximum atomic E-state index is 12.0. The van der Waals surface area contributed by atoms with Crippen LogP contribution in [-0.4, -0.2) is 23.6 Å². The minimum atomic E-state index is 0.0295. The Morgan fingerprint density at radius 2 is 2.24 bits per heavy atom. The van der Waals surface area contributed by atoms with Crippen molar-refractivity contribution < 1.29 is 9.90 Å². The number of anilines is 1. The summed E-state index contributed by atoms with van der Waals surface area (Å²) >= 11 is 0. The van der Waals surface area contributed by atoms with Gasteiger partial charge in [0.1, 0.15) is 5.75 Å². The van der Waals surface area contributed by atoms with Gasteiger partial charge in [0.25, 0.3) is 0 Å². The Morgan fingerprint density at radius 3 is 2.76 bits per heavy atom. The van der Waals surface area contributed by atoms with Crippen molar-refractivity contribution in [2.45, 2.75) is 32.7 Å².